The van der Waals surface area contributed by atoms with E-state index in [0.717, 1.165) is 9.87 Å². The number of amides is 1. The van der Waals surface area contributed by atoms with Crippen molar-refractivity contribution in [3.63, 3.8) is 0 Å². The summed E-state index contributed by atoms with van der Waals surface area (Å²) in [6, 6.07) is 7.97. The summed E-state index contributed by atoms with van der Waals surface area (Å²) in [6.07, 6.45) is 6.64. The first-order valence-corrected chi connectivity index (χ1v) is 13.3. The number of aliphatic hydroxyl groups excluding tert-OH is 1. The van der Waals surface area contributed by atoms with Gasteiger partial charge in [-0.05, 0) is 52.7 Å². The number of hydrogen-bond acceptors (Lipinski definition) is 8. The predicted molar refractivity (Wildman–Crippen MR) is 131 cm³/mol. The SMILES string of the molecule is C#CCNC(=O)C1=C[C@@H](c2ccsc2)C[C@@H](OCCN(CCO)S(=O)(=O)c2ccc(OC)cc2)O1. The van der Waals surface area contributed by atoms with Crippen molar-refractivity contribution in [2.45, 2.75) is 23.5 Å². The Bertz CT molecular complexity index is 1140. The number of methoxy groups -OCH3 is 1. The summed E-state index contributed by atoms with van der Waals surface area (Å²) >= 11 is 1.55. The van der Waals surface area contributed by atoms with Crippen molar-refractivity contribution >= 4 is 27.3 Å². The standard InChI is InChI=1S/C24H28N2O7S2/c1-3-9-25-24(28)22-15-19(18-8-14-34-17-18)16-23(33-22)32-13-11-26(10-12-27)35(29,30)21-6-4-20(31-2)5-7-21/h1,4-8,14-15,17,19,23,27H,9-13,16H2,2H3,(H,25,28)/t19-,23+/m1/s1. The fourth-order valence-corrected chi connectivity index (χ4v) is 5.64. The summed E-state index contributed by atoms with van der Waals surface area (Å²) in [4.78, 5) is 12.5. The van der Waals surface area contributed by atoms with Crippen LogP contribution < -0.4 is 10.1 Å². The van der Waals surface area contributed by atoms with Gasteiger partial charge in [-0.2, -0.15) is 15.6 Å². The number of terminal acetylenes is 1. The number of allylic oxidation sites excluding steroid dienone is 1. The Hall–Kier alpha value is -2.88. The number of hydrogen-bond donors (Lipinski definition) is 2. The van der Waals surface area contributed by atoms with Gasteiger partial charge in [0.15, 0.2) is 5.76 Å². The molecule has 0 saturated heterocycles. The molecule has 188 valence electrons. The van der Waals surface area contributed by atoms with E-state index in [9.17, 15) is 18.3 Å². The summed E-state index contributed by atoms with van der Waals surface area (Å²) in [5.41, 5.74) is 1.03. The number of ether oxygens (including phenoxy) is 3. The van der Waals surface area contributed by atoms with Crippen LogP contribution in [-0.2, 0) is 24.3 Å². The Morgan fingerprint density at radius 3 is 2.71 bits per heavy atom. The van der Waals surface area contributed by atoms with Crippen LogP contribution in [0, 0.1) is 12.3 Å². The molecule has 2 aromatic rings. The summed E-state index contributed by atoms with van der Waals surface area (Å²) in [5.74, 6) is 2.43. The second-order valence-corrected chi connectivity index (χ2v) is 10.3. The maximum atomic E-state index is 13.1. The topological polar surface area (TPSA) is 114 Å². The highest BCUT2D eigenvalue weighted by molar-refractivity contribution is 7.89. The predicted octanol–water partition coefficient (Wildman–Crippen LogP) is 1.92. The normalized spacial score (nSPS) is 17.8. The first-order valence-electron chi connectivity index (χ1n) is 10.9. The molecular formula is C24H28N2O7S2. The lowest BCUT2D eigenvalue weighted by Crippen LogP contribution is -2.38. The Morgan fingerprint density at radius 1 is 1.31 bits per heavy atom. The van der Waals surface area contributed by atoms with Crippen LogP contribution in [0.15, 0.2) is 57.8 Å². The van der Waals surface area contributed by atoms with Gasteiger partial charge in [-0.25, -0.2) is 8.42 Å². The summed E-state index contributed by atoms with van der Waals surface area (Å²) in [5, 5.41) is 15.9. The van der Waals surface area contributed by atoms with E-state index < -0.39 is 22.2 Å². The number of thiophene rings is 1. The molecule has 0 unspecified atom stereocenters. The zero-order valence-electron chi connectivity index (χ0n) is 19.3. The van der Waals surface area contributed by atoms with Crippen LogP contribution in [0.5, 0.6) is 5.75 Å². The highest BCUT2D eigenvalue weighted by Gasteiger charge is 2.30. The molecule has 1 amide bonds. The third kappa shape index (κ3) is 7.06. The molecular weight excluding hydrogens is 492 g/mol. The van der Waals surface area contributed by atoms with Gasteiger partial charge in [0.25, 0.3) is 5.91 Å². The van der Waals surface area contributed by atoms with Gasteiger partial charge in [-0.1, -0.05) is 5.92 Å². The molecule has 0 bridgehead atoms. The van der Waals surface area contributed by atoms with Crippen LogP contribution in [0.2, 0.25) is 0 Å². The largest absolute Gasteiger partial charge is 0.497 e. The van der Waals surface area contributed by atoms with E-state index in [0.29, 0.717) is 12.2 Å². The molecule has 1 aliphatic rings. The average molecular weight is 521 g/mol. The van der Waals surface area contributed by atoms with Crippen LogP contribution in [0.3, 0.4) is 0 Å². The number of sulfonamides is 1. The molecule has 2 atom stereocenters. The molecule has 1 aromatic carbocycles. The number of carbonyl (C=O) groups is 1. The van der Waals surface area contributed by atoms with Gasteiger partial charge in [0.1, 0.15) is 5.75 Å². The maximum absolute atomic E-state index is 13.1. The molecule has 0 aliphatic carbocycles. The molecule has 0 fully saturated rings. The van der Waals surface area contributed by atoms with E-state index in [2.05, 4.69) is 11.2 Å². The van der Waals surface area contributed by atoms with Gasteiger partial charge in [0.05, 0.1) is 31.8 Å². The highest BCUT2D eigenvalue weighted by Crippen LogP contribution is 2.32. The first-order chi connectivity index (χ1) is 16.9. The lowest BCUT2D eigenvalue weighted by molar-refractivity contribution is -0.146. The minimum absolute atomic E-state index is 0.00430. The Kier molecular flexibility index (Phi) is 9.71. The zero-order valence-corrected chi connectivity index (χ0v) is 20.9. The average Bonchev–Trinajstić information content (AvgIpc) is 3.42. The number of carbonyl (C=O) groups excluding carboxylic acids is 1. The van der Waals surface area contributed by atoms with Gasteiger partial charge >= 0.3 is 0 Å². The summed E-state index contributed by atoms with van der Waals surface area (Å²) in [7, 11) is -2.37. The van der Waals surface area contributed by atoms with Gasteiger partial charge < -0.3 is 24.6 Å². The van der Waals surface area contributed by atoms with Crippen molar-refractivity contribution in [2.75, 3.05) is 40.0 Å². The quantitative estimate of drug-likeness (QED) is 0.411. The van der Waals surface area contributed by atoms with Gasteiger partial charge in [-0.15, -0.1) is 6.42 Å². The fraction of sp³-hybridized carbons (Fsp3) is 0.375. The monoisotopic (exact) mass is 520 g/mol. The lowest BCUT2D eigenvalue weighted by Gasteiger charge is -2.29. The van der Waals surface area contributed by atoms with Crippen molar-refractivity contribution in [3.05, 3.63) is 58.5 Å². The third-order valence-electron chi connectivity index (χ3n) is 5.29. The fourth-order valence-electron chi connectivity index (χ4n) is 3.50. The summed E-state index contributed by atoms with van der Waals surface area (Å²) < 4.78 is 43.9. The molecule has 35 heavy (non-hydrogen) atoms. The smallest absolute Gasteiger partial charge is 0.286 e. The highest BCUT2D eigenvalue weighted by atomic mass is 32.2. The lowest BCUT2D eigenvalue weighted by atomic mass is 9.95. The third-order valence-corrected chi connectivity index (χ3v) is 7.91. The number of rotatable bonds is 12. The molecule has 1 aliphatic heterocycles. The molecule has 11 heteroatoms. The molecule has 2 heterocycles. The summed E-state index contributed by atoms with van der Waals surface area (Å²) in [6.45, 7) is -0.401. The van der Waals surface area contributed by atoms with Crippen LogP contribution in [0.4, 0.5) is 0 Å². The Morgan fingerprint density at radius 2 is 2.09 bits per heavy atom. The second kappa shape index (κ2) is 12.7. The molecule has 9 nitrogen and oxygen atoms in total. The molecule has 2 N–H and O–H groups in total. The molecule has 3 rings (SSSR count). The Balaban J connectivity index is 1.67. The van der Waals surface area contributed by atoms with E-state index in [1.165, 1.54) is 19.2 Å². The minimum atomic E-state index is -3.87. The maximum Gasteiger partial charge on any atom is 0.286 e. The van der Waals surface area contributed by atoms with Crippen LogP contribution in [-0.4, -0.2) is 70.0 Å². The van der Waals surface area contributed by atoms with Gasteiger partial charge in [0.2, 0.25) is 16.3 Å². The van der Waals surface area contributed by atoms with E-state index in [-0.39, 0.29) is 49.4 Å². The van der Waals surface area contributed by atoms with Crippen molar-refractivity contribution in [3.8, 4) is 18.1 Å². The van der Waals surface area contributed by atoms with E-state index in [1.54, 1.807) is 29.5 Å². The van der Waals surface area contributed by atoms with Gasteiger partial charge in [-0.3, -0.25) is 4.79 Å². The number of aliphatic hydroxyl groups is 1. The van der Waals surface area contributed by atoms with Gasteiger partial charge in [0, 0.05) is 25.4 Å². The van der Waals surface area contributed by atoms with Crippen LogP contribution >= 0.6 is 11.3 Å². The van der Waals surface area contributed by atoms with E-state index in [4.69, 9.17) is 20.6 Å². The molecule has 0 spiro atoms. The number of benzene rings is 1. The zero-order chi connectivity index (χ0) is 25.3. The first kappa shape index (κ1) is 26.7. The van der Waals surface area contributed by atoms with Crippen molar-refractivity contribution < 1.29 is 32.5 Å². The Labute approximate surface area is 209 Å². The van der Waals surface area contributed by atoms with Crippen molar-refractivity contribution in [1.82, 2.24) is 9.62 Å². The van der Waals surface area contributed by atoms with Crippen molar-refractivity contribution in [1.29, 1.82) is 0 Å². The van der Waals surface area contributed by atoms with Crippen LogP contribution in [0.1, 0.15) is 17.9 Å². The minimum Gasteiger partial charge on any atom is -0.497 e. The van der Waals surface area contributed by atoms with Crippen molar-refractivity contribution in [2.24, 2.45) is 0 Å². The molecule has 0 saturated carbocycles. The number of nitrogens with one attached hydrogen (secondary N) is 1. The van der Waals surface area contributed by atoms with E-state index in [1.807, 2.05) is 16.8 Å². The van der Waals surface area contributed by atoms with Crippen LogP contribution in [0.25, 0.3) is 0 Å². The van der Waals surface area contributed by atoms with E-state index >= 15 is 0 Å². The second-order valence-electron chi connectivity index (χ2n) is 7.54. The molecule has 1 aromatic heterocycles. The number of nitrogens with zero attached hydrogens (tertiary/aromatic N) is 1. The molecule has 0 radical (unpaired) electrons.